The Morgan fingerprint density at radius 2 is 2.45 bits per heavy atom. The maximum Gasteiger partial charge on any atom is 0.361 e. The fourth-order valence-electron chi connectivity index (χ4n) is 1.46. The van der Waals surface area contributed by atoms with Crippen LogP contribution in [0, 0.1) is 0 Å². The van der Waals surface area contributed by atoms with Gasteiger partial charge in [-0.1, -0.05) is 5.11 Å². The number of nitrogens with one attached hydrogen (secondary N) is 2. The first-order chi connectivity index (χ1) is 5.36. The molecule has 0 saturated carbocycles. The Morgan fingerprint density at radius 3 is 3.00 bits per heavy atom. The lowest BCUT2D eigenvalue weighted by atomic mass is 10.2. The van der Waals surface area contributed by atoms with Gasteiger partial charge in [-0.2, -0.15) is 5.11 Å². The van der Waals surface area contributed by atoms with E-state index in [1.54, 1.807) is 0 Å². The molecule has 2 unspecified atom stereocenters. The van der Waals surface area contributed by atoms with Crippen LogP contribution in [0.2, 0.25) is 0 Å². The summed E-state index contributed by atoms with van der Waals surface area (Å²) in [5.41, 5.74) is 0. The number of nitrogens with zero attached hydrogens (tertiary/aromatic N) is 2. The normalized spacial score (nSPS) is 36.2. The molecule has 1 saturated heterocycles. The molecule has 0 aromatic rings. The predicted octanol–water partition coefficient (Wildman–Crippen LogP) is 0.240. The Balaban J connectivity index is 1.96. The molecule has 2 heterocycles. The first-order valence-corrected chi connectivity index (χ1v) is 3.81. The summed E-state index contributed by atoms with van der Waals surface area (Å²) in [4.78, 5) is 10.6. The van der Waals surface area contributed by atoms with Gasteiger partial charge in [0.15, 0.2) is 6.17 Å². The van der Waals surface area contributed by atoms with E-state index in [1.807, 2.05) is 0 Å². The van der Waals surface area contributed by atoms with Crippen LogP contribution in [-0.4, -0.2) is 24.8 Å². The molecule has 2 aliphatic rings. The van der Waals surface area contributed by atoms with E-state index in [2.05, 4.69) is 20.9 Å². The molecule has 2 atom stereocenters. The van der Waals surface area contributed by atoms with Gasteiger partial charge in [-0.15, -0.1) is 0 Å². The summed E-state index contributed by atoms with van der Waals surface area (Å²) in [6.07, 6.45) is 2.11. The summed E-state index contributed by atoms with van der Waals surface area (Å²) in [7, 11) is 0. The van der Waals surface area contributed by atoms with Crippen molar-refractivity contribution >= 4 is 6.03 Å². The van der Waals surface area contributed by atoms with Crippen molar-refractivity contribution < 1.29 is 4.79 Å². The maximum absolute atomic E-state index is 10.6. The van der Waals surface area contributed by atoms with Gasteiger partial charge in [0.2, 0.25) is 0 Å². The molecule has 1 fully saturated rings. The van der Waals surface area contributed by atoms with Crippen LogP contribution in [-0.2, 0) is 0 Å². The van der Waals surface area contributed by atoms with Crippen LogP contribution in [0.25, 0.3) is 0 Å². The van der Waals surface area contributed by atoms with Gasteiger partial charge in [0.25, 0.3) is 0 Å². The topological polar surface area (TPSA) is 65.8 Å². The third-order valence-corrected chi connectivity index (χ3v) is 2.02. The molecule has 0 radical (unpaired) electrons. The SMILES string of the molecule is O=C1N=NC(C2CCCN2)N1. The van der Waals surface area contributed by atoms with Gasteiger partial charge in [-0.25, -0.2) is 4.79 Å². The van der Waals surface area contributed by atoms with Gasteiger partial charge in [-0.3, -0.25) is 0 Å². The summed E-state index contributed by atoms with van der Waals surface area (Å²) >= 11 is 0. The maximum atomic E-state index is 10.6. The Morgan fingerprint density at radius 1 is 1.55 bits per heavy atom. The van der Waals surface area contributed by atoms with E-state index in [0.717, 1.165) is 19.4 Å². The zero-order valence-corrected chi connectivity index (χ0v) is 6.08. The molecule has 0 aliphatic carbocycles. The van der Waals surface area contributed by atoms with Crippen LogP contribution in [0.3, 0.4) is 0 Å². The minimum Gasteiger partial charge on any atom is -0.310 e. The first-order valence-electron chi connectivity index (χ1n) is 3.81. The molecule has 0 bridgehead atoms. The summed E-state index contributed by atoms with van der Waals surface area (Å²) in [6.45, 7) is 1.02. The minimum absolute atomic E-state index is 0.120. The Hall–Kier alpha value is -0.970. The molecule has 0 aromatic heterocycles. The van der Waals surface area contributed by atoms with Crippen LogP contribution >= 0.6 is 0 Å². The molecule has 2 amide bonds. The fourth-order valence-corrected chi connectivity index (χ4v) is 1.46. The van der Waals surface area contributed by atoms with Gasteiger partial charge in [-0.05, 0) is 19.4 Å². The van der Waals surface area contributed by atoms with Crippen LogP contribution in [0.4, 0.5) is 4.79 Å². The lowest BCUT2D eigenvalue weighted by molar-refractivity contribution is 0.249. The van der Waals surface area contributed by atoms with Crippen LogP contribution in [0.15, 0.2) is 10.2 Å². The quantitative estimate of drug-likeness (QED) is 0.568. The van der Waals surface area contributed by atoms with Crippen LogP contribution in [0.1, 0.15) is 12.8 Å². The molecule has 60 valence electrons. The highest BCUT2D eigenvalue weighted by molar-refractivity contribution is 5.76. The molecule has 2 N–H and O–H groups in total. The minimum atomic E-state index is -0.316. The van der Waals surface area contributed by atoms with Crippen molar-refractivity contribution in [2.45, 2.75) is 25.0 Å². The zero-order valence-electron chi connectivity index (χ0n) is 6.08. The van der Waals surface area contributed by atoms with E-state index in [-0.39, 0.29) is 12.2 Å². The second kappa shape index (κ2) is 2.58. The molecule has 5 nitrogen and oxygen atoms in total. The predicted molar refractivity (Wildman–Crippen MR) is 38.2 cm³/mol. The van der Waals surface area contributed by atoms with E-state index >= 15 is 0 Å². The third kappa shape index (κ3) is 1.23. The molecular weight excluding hydrogens is 144 g/mol. The molecule has 0 spiro atoms. The highest BCUT2D eigenvalue weighted by Gasteiger charge is 2.28. The van der Waals surface area contributed by atoms with E-state index < -0.39 is 0 Å². The van der Waals surface area contributed by atoms with Gasteiger partial charge in [0.05, 0.1) is 0 Å². The van der Waals surface area contributed by atoms with Crippen molar-refractivity contribution in [3.8, 4) is 0 Å². The monoisotopic (exact) mass is 154 g/mol. The summed E-state index contributed by atoms with van der Waals surface area (Å²) in [6, 6.07) is -0.0195. The zero-order chi connectivity index (χ0) is 7.68. The van der Waals surface area contributed by atoms with Crippen molar-refractivity contribution in [3.63, 3.8) is 0 Å². The smallest absolute Gasteiger partial charge is 0.310 e. The van der Waals surface area contributed by atoms with Gasteiger partial charge in [0, 0.05) is 6.04 Å². The summed E-state index contributed by atoms with van der Waals surface area (Å²) in [5.74, 6) is 0. The molecule has 0 aromatic carbocycles. The lowest BCUT2D eigenvalue weighted by Crippen LogP contribution is -2.42. The van der Waals surface area contributed by atoms with E-state index in [1.165, 1.54) is 0 Å². The highest BCUT2D eigenvalue weighted by atomic mass is 16.2. The van der Waals surface area contributed by atoms with E-state index in [9.17, 15) is 4.79 Å². The molecule has 11 heavy (non-hydrogen) atoms. The van der Waals surface area contributed by atoms with Crippen LogP contribution < -0.4 is 10.6 Å². The van der Waals surface area contributed by atoms with Crippen molar-refractivity contribution in [1.82, 2.24) is 10.6 Å². The number of urea groups is 1. The second-order valence-corrected chi connectivity index (χ2v) is 2.81. The molecular formula is C6H10N4O. The number of azo groups is 1. The largest absolute Gasteiger partial charge is 0.361 e. The Labute approximate surface area is 64.3 Å². The summed E-state index contributed by atoms with van der Waals surface area (Å²) in [5, 5.41) is 13.1. The van der Waals surface area contributed by atoms with E-state index in [0.29, 0.717) is 6.04 Å². The molecule has 2 rings (SSSR count). The summed E-state index contributed by atoms with van der Waals surface area (Å²) < 4.78 is 0. The first kappa shape index (κ1) is 6.72. The standard InChI is InChI=1S/C6H10N4O/c11-6-8-5(9-10-6)4-2-1-3-7-4/h4-5,7H,1-3H2,(H,8,11). The number of amides is 2. The van der Waals surface area contributed by atoms with Crippen molar-refractivity contribution in [2.75, 3.05) is 6.54 Å². The van der Waals surface area contributed by atoms with Crippen molar-refractivity contribution in [3.05, 3.63) is 0 Å². The Bertz CT molecular complexity index is 197. The van der Waals surface area contributed by atoms with Gasteiger partial charge < -0.3 is 10.6 Å². The number of rotatable bonds is 1. The number of carbonyl (C=O) groups is 1. The lowest BCUT2D eigenvalue weighted by Gasteiger charge is -2.13. The average molecular weight is 154 g/mol. The van der Waals surface area contributed by atoms with Crippen molar-refractivity contribution in [2.24, 2.45) is 10.2 Å². The second-order valence-electron chi connectivity index (χ2n) is 2.81. The molecule has 5 heteroatoms. The third-order valence-electron chi connectivity index (χ3n) is 2.02. The highest BCUT2D eigenvalue weighted by Crippen LogP contribution is 2.13. The van der Waals surface area contributed by atoms with Gasteiger partial charge in [0.1, 0.15) is 0 Å². The van der Waals surface area contributed by atoms with Crippen molar-refractivity contribution in [1.29, 1.82) is 0 Å². The molecule has 2 aliphatic heterocycles. The number of hydrogen-bond acceptors (Lipinski definition) is 3. The number of carbonyl (C=O) groups excluding carboxylic acids is 1. The average Bonchev–Trinajstić information content (AvgIpc) is 2.55. The Kier molecular flexibility index (Phi) is 1.58. The van der Waals surface area contributed by atoms with Crippen LogP contribution in [0.5, 0.6) is 0 Å². The fraction of sp³-hybridized carbons (Fsp3) is 0.833. The van der Waals surface area contributed by atoms with E-state index in [4.69, 9.17) is 0 Å². The van der Waals surface area contributed by atoms with Gasteiger partial charge >= 0.3 is 6.03 Å². The number of hydrogen-bond donors (Lipinski definition) is 2.